The van der Waals surface area contributed by atoms with Crippen molar-refractivity contribution < 1.29 is 4.79 Å². The molecule has 2 aromatic heterocycles. The summed E-state index contributed by atoms with van der Waals surface area (Å²) < 4.78 is 0. The summed E-state index contributed by atoms with van der Waals surface area (Å²) in [6, 6.07) is 5.97. The average molecular weight is 264 g/mol. The van der Waals surface area contributed by atoms with Gasteiger partial charge in [0, 0.05) is 12.6 Å². The number of nitrogens with zero attached hydrogens (tertiary/aromatic N) is 1. The third kappa shape index (κ3) is 2.96. The highest BCUT2D eigenvalue weighted by Crippen LogP contribution is 2.22. The maximum atomic E-state index is 11.8. The first-order valence-electron chi connectivity index (χ1n) is 5.75. The molecule has 18 heavy (non-hydrogen) atoms. The Hall–Kier alpha value is -1.66. The number of H-pyrrole nitrogens is 1. The molecule has 5 nitrogen and oxygen atoms in total. The van der Waals surface area contributed by atoms with Crippen LogP contribution in [0.4, 0.5) is 0 Å². The van der Waals surface area contributed by atoms with E-state index in [9.17, 15) is 4.79 Å². The zero-order chi connectivity index (χ0) is 13.0. The molecule has 0 radical (unpaired) electrons. The second kappa shape index (κ2) is 5.79. The molecule has 0 aliphatic carbocycles. The van der Waals surface area contributed by atoms with E-state index in [1.807, 2.05) is 31.5 Å². The molecule has 0 saturated carbocycles. The molecule has 2 aromatic rings. The van der Waals surface area contributed by atoms with Crippen molar-refractivity contribution in [2.75, 3.05) is 13.6 Å². The van der Waals surface area contributed by atoms with Gasteiger partial charge in [-0.1, -0.05) is 6.07 Å². The van der Waals surface area contributed by atoms with Crippen molar-refractivity contribution in [3.63, 3.8) is 0 Å². The zero-order valence-electron chi connectivity index (χ0n) is 10.4. The molecule has 0 aromatic carbocycles. The van der Waals surface area contributed by atoms with Gasteiger partial charge in [0.1, 0.15) is 0 Å². The minimum absolute atomic E-state index is 0.156. The third-order valence-electron chi connectivity index (χ3n) is 2.66. The minimum atomic E-state index is -0.156. The van der Waals surface area contributed by atoms with E-state index in [0.29, 0.717) is 12.2 Å². The summed E-state index contributed by atoms with van der Waals surface area (Å²) in [6.45, 7) is 2.58. The van der Waals surface area contributed by atoms with E-state index >= 15 is 0 Å². The van der Waals surface area contributed by atoms with Gasteiger partial charge in [-0.05, 0) is 31.5 Å². The number of hydrogen-bond acceptors (Lipinski definition) is 4. The lowest BCUT2D eigenvalue weighted by Gasteiger charge is -2.09. The molecule has 0 fully saturated rings. The van der Waals surface area contributed by atoms with Crippen molar-refractivity contribution in [2.45, 2.75) is 13.0 Å². The molecule has 0 saturated heterocycles. The highest BCUT2D eigenvalue weighted by molar-refractivity contribution is 7.13. The summed E-state index contributed by atoms with van der Waals surface area (Å²) >= 11 is 1.61. The first-order valence-corrected chi connectivity index (χ1v) is 6.63. The molecule has 1 atom stereocenters. The van der Waals surface area contributed by atoms with Crippen LogP contribution in [0.5, 0.6) is 0 Å². The molecular weight excluding hydrogens is 248 g/mol. The van der Waals surface area contributed by atoms with E-state index < -0.39 is 0 Å². The highest BCUT2D eigenvalue weighted by atomic mass is 32.1. The summed E-state index contributed by atoms with van der Waals surface area (Å²) in [7, 11) is 1.86. The van der Waals surface area contributed by atoms with E-state index in [-0.39, 0.29) is 11.9 Å². The normalized spacial score (nSPS) is 12.3. The number of amides is 1. The third-order valence-corrected chi connectivity index (χ3v) is 3.56. The Labute approximate surface area is 110 Å². The number of thiophene rings is 1. The highest BCUT2D eigenvalue weighted by Gasteiger charge is 2.12. The summed E-state index contributed by atoms with van der Waals surface area (Å²) in [5, 5.41) is 14.8. The summed E-state index contributed by atoms with van der Waals surface area (Å²) in [6.07, 6.45) is 0. The molecule has 0 spiro atoms. The Balaban J connectivity index is 1.99. The van der Waals surface area contributed by atoms with E-state index in [4.69, 9.17) is 0 Å². The topological polar surface area (TPSA) is 69.8 Å². The van der Waals surface area contributed by atoms with E-state index in [2.05, 4.69) is 20.8 Å². The van der Waals surface area contributed by atoms with Crippen LogP contribution in [0.3, 0.4) is 0 Å². The smallest absolute Gasteiger partial charge is 0.271 e. The number of aromatic nitrogens is 2. The molecule has 6 heteroatoms. The van der Waals surface area contributed by atoms with Crippen molar-refractivity contribution in [1.82, 2.24) is 20.8 Å². The van der Waals surface area contributed by atoms with E-state index in [1.54, 1.807) is 17.4 Å². The van der Waals surface area contributed by atoms with Gasteiger partial charge in [-0.2, -0.15) is 5.10 Å². The van der Waals surface area contributed by atoms with Crippen molar-refractivity contribution in [1.29, 1.82) is 0 Å². The van der Waals surface area contributed by atoms with Gasteiger partial charge in [0.15, 0.2) is 5.69 Å². The Kier molecular flexibility index (Phi) is 4.11. The minimum Gasteiger partial charge on any atom is -0.349 e. The van der Waals surface area contributed by atoms with Crippen LogP contribution in [0.15, 0.2) is 23.6 Å². The van der Waals surface area contributed by atoms with Crippen LogP contribution in [-0.4, -0.2) is 35.7 Å². The number of rotatable bonds is 5. The number of carbonyl (C=O) groups is 1. The quantitative estimate of drug-likeness (QED) is 0.766. The van der Waals surface area contributed by atoms with Gasteiger partial charge >= 0.3 is 0 Å². The van der Waals surface area contributed by atoms with Gasteiger partial charge in [0.05, 0.1) is 10.6 Å². The Morgan fingerprint density at radius 2 is 2.44 bits per heavy atom. The number of likely N-dealkylation sites (N-methyl/N-ethyl adjacent to an activating group) is 1. The van der Waals surface area contributed by atoms with Crippen LogP contribution in [0.1, 0.15) is 17.4 Å². The van der Waals surface area contributed by atoms with Crippen LogP contribution in [0.2, 0.25) is 0 Å². The van der Waals surface area contributed by atoms with Crippen molar-refractivity contribution in [2.24, 2.45) is 0 Å². The van der Waals surface area contributed by atoms with Crippen LogP contribution in [-0.2, 0) is 0 Å². The Bertz CT molecular complexity index is 506. The molecule has 1 unspecified atom stereocenters. The molecule has 0 bridgehead atoms. The lowest BCUT2D eigenvalue weighted by Crippen LogP contribution is -2.37. The van der Waals surface area contributed by atoms with Crippen molar-refractivity contribution in [3.05, 3.63) is 29.3 Å². The van der Waals surface area contributed by atoms with Crippen molar-refractivity contribution >= 4 is 17.2 Å². The largest absolute Gasteiger partial charge is 0.349 e. The zero-order valence-corrected chi connectivity index (χ0v) is 11.2. The fourth-order valence-corrected chi connectivity index (χ4v) is 2.13. The van der Waals surface area contributed by atoms with Crippen LogP contribution < -0.4 is 10.6 Å². The Morgan fingerprint density at radius 1 is 1.61 bits per heavy atom. The van der Waals surface area contributed by atoms with Gasteiger partial charge in [0.2, 0.25) is 0 Å². The summed E-state index contributed by atoms with van der Waals surface area (Å²) in [5.74, 6) is -0.156. The molecule has 96 valence electrons. The molecule has 1 amide bonds. The second-order valence-corrected chi connectivity index (χ2v) is 4.99. The number of nitrogens with one attached hydrogen (secondary N) is 3. The molecule has 2 rings (SSSR count). The van der Waals surface area contributed by atoms with Crippen LogP contribution in [0, 0.1) is 0 Å². The van der Waals surface area contributed by atoms with Crippen LogP contribution in [0.25, 0.3) is 10.6 Å². The maximum Gasteiger partial charge on any atom is 0.271 e. The standard InChI is InChI=1S/C12H16N4OS/c1-8(13-2)7-14-12(17)10-6-9(15-16-10)11-4-3-5-18-11/h3-6,8,13H,7H2,1-2H3,(H,14,17)(H,15,16). The van der Waals surface area contributed by atoms with Gasteiger partial charge in [-0.15, -0.1) is 11.3 Å². The first kappa shape index (κ1) is 12.8. The van der Waals surface area contributed by atoms with Gasteiger partial charge in [-0.25, -0.2) is 0 Å². The fraction of sp³-hybridized carbons (Fsp3) is 0.333. The van der Waals surface area contributed by atoms with Gasteiger partial charge < -0.3 is 10.6 Å². The summed E-state index contributed by atoms with van der Waals surface area (Å²) in [5.41, 5.74) is 1.29. The fourth-order valence-electron chi connectivity index (χ4n) is 1.43. The predicted molar refractivity (Wildman–Crippen MR) is 72.8 cm³/mol. The molecule has 3 N–H and O–H groups in total. The number of hydrogen-bond donors (Lipinski definition) is 3. The Morgan fingerprint density at radius 3 is 3.11 bits per heavy atom. The van der Waals surface area contributed by atoms with Crippen molar-refractivity contribution in [3.8, 4) is 10.6 Å². The molecule has 0 aliphatic heterocycles. The lowest BCUT2D eigenvalue weighted by molar-refractivity contribution is 0.0945. The van der Waals surface area contributed by atoms with Gasteiger partial charge in [-0.3, -0.25) is 9.89 Å². The second-order valence-electron chi connectivity index (χ2n) is 4.04. The maximum absolute atomic E-state index is 11.8. The molecular formula is C12H16N4OS. The average Bonchev–Trinajstić information content (AvgIpc) is 3.04. The van der Waals surface area contributed by atoms with E-state index in [0.717, 1.165) is 10.6 Å². The first-order chi connectivity index (χ1) is 8.70. The number of aromatic amines is 1. The summed E-state index contributed by atoms with van der Waals surface area (Å²) in [4.78, 5) is 12.9. The number of carbonyl (C=O) groups excluding carboxylic acids is 1. The lowest BCUT2D eigenvalue weighted by atomic mass is 10.3. The van der Waals surface area contributed by atoms with Gasteiger partial charge in [0.25, 0.3) is 5.91 Å². The van der Waals surface area contributed by atoms with Crippen LogP contribution >= 0.6 is 11.3 Å². The molecule has 0 aliphatic rings. The van der Waals surface area contributed by atoms with E-state index in [1.165, 1.54) is 0 Å². The SMILES string of the molecule is CNC(C)CNC(=O)c1cc(-c2cccs2)[nH]n1. The monoisotopic (exact) mass is 264 g/mol. The molecule has 2 heterocycles. The predicted octanol–water partition coefficient (Wildman–Crippen LogP) is 1.48.